The highest BCUT2D eigenvalue weighted by Gasteiger charge is 2.23. The maximum absolute atomic E-state index is 4.23. The molecule has 0 spiro atoms. The van der Waals surface area contributed by atoms with E-state index in [9.17, 15) is 0 Å². The average molecular weight is 179 g/mol. The van der Waals surface area contributed by atoms with Crippen molar-refractivity contribution < 1.29 is 0 Å². The maximum atomic E-state index is 4.23. The predicted octanol–water partition coefficient (Wildman–Crippen LogP) is 1.54. The largest absolute Gasteiger partial charge is 0.331 e. The van der Waals surface area contributed by atoms with Crippen LogP contribution in [-0.2, 0) is 0 Å². The number of nitrogens with zero attached hydrogens (tertiary/aromatic N) is 2. The SMILES string of the molecule is CCC(C)n1cncc1C1CNC1. The van der Waals surface area contributed by atoms with Crippen molar-refractivity contribution in [3.8, 4) is 0 Å². The van der Waals surface area contributed by atoms with Gasteiger partial charge in [-0.1, -0.05) is 6.92 Å². The summed E-state index contributed by atoms with van der Waals surface area (Å²) in [4.78, 5) is 4.23. The molecule has 1 atom stereocenters. The molecule has 0 aromatic carbocycles. The second kappa shape index (κ2) is 3.50. The Labute approximate surface area is 79.2 Å². The summed E-state index contributed by atoms with van der Waals surface area (Å²) >= 11 is 0. The number of aromatic nitrogens is 2. The van der Waals surface area contributed by atoms with Crippen molar-refractivity contribution in [2.24, 2.45) is 0 Å². The van der Waals surface area contributed by atoms with Crippen molar-refractivity contribution in [3.05, 3.63) is 18.2 Å². The standard InChI is InChI=1S/C10H17N3/c1-3-8(2)13-7-12-6-10(13)9-4-11-5-9/h6-9,11H,3-5H2,1-2H3. The van der Waals surface area contributed by atoms with Crippen molar-refractivity contribution >= 4 is 0 Å². The third kappa shape index (κ3) is 1.48. The molecule has 2 heterocycles. The monoisotopic (exact) mass is 179 g/mol. The topological polar surface area (TPSA) is 29.9 Å². The molecule has 1 unspecified atom stereocenters. The summed E-state index contributed by atoms with van der Waals surface area (Å²) in [6, 6.07) is 0.582. The summed E-state index contributed by atoms with van der Waals surface area (Å²) in [5, 5.41) is 3.29. The molecule has 1 saturated heterocycles. The van der Waals surface area contributed by atoms with E-state index >= 15 is 0 Å². The van der Waals surface area contributed by atoms with Crippen molar-refractivity contribution in [2.75, 3.05) is 13.1 Å². The molecule has 1 aromatic rings. The van der Waals surface area contributed by atoms with Gasteiger partial charge in [0.25, 0.3) is 0 Å². The molecule has 3 heteroatoms. The lowest BCUT2D eigenvalue weighted by molar-refractivity contribution is 0.404. The van der Waals surface area contributed by atoms with E-state index in [2.05, 4.69) is 28.7 Å². The van der Waals surface area contributed by atoms with E-state index in [1.165, 1.54) is 12.1 Å². The zero-order valence-electron chi connectivity index (χ0n) is 8.33. The lowest BCUT2D eigenvalue weighted by Gasteiger charge is -2.29. The van der Waals surface area contributed by atoms with Crippen LogP contribution >= 0.6 is 0 Å². The lowest BCUT2D eigenvalue weighted by Crippen LogP contribution is -2.41. The molecule has 0 radical (unpaired) electrons. The number of nitrogens with one attached hydrogen (secondary N) is 1. The lowest BCUT2D eigenvalue weighted by atomic mass is 9.99. The van der Waals surface area contributed by atoms with Gasteiger partial charge >= 0.3 is 0 Å². The van der Waals surface area contributed by atoms with Gasteiger partial charge in [0.05, 0.1) is 6.33 Å². The fourth-order valence-corrected chi connectivity index (χ4v) is 1.69. The van der Waals surface area contributed by atoms with E-state index in [1.54, 1.807) is 0 Å². The number of imidazole rings is 1. The van der Waals surface area contributed by atoms with Crippen molar-refractivity contribution in [2.45, 2.75) is 32.2 Å². The molecular weight excluding hydrogens is 162 g/mol. The minimum atomic E-state index is 0.582. The molecule has 3 nitrogen and oxygen atoms in total. The van der Waals surface area contributed by atoms with Crippen LogP contribution in [0.3, 0.4) is 0 Å². The zero-order chi connectivity index (χ0) is 9.26. The summed E-state index contributed by atoms with van der Waals surface area (Å²) in [6.07, 6.45) is 5.14. The summed E-state index contributed by atoms with van der Waals surface area (Å²) < 4.78 is 2.31. The number of hydrogen-bond donors (Lipinski definition) is 1. The van der Waals surface area contributed by atoms with Crippen LogP contribution in [0.15, 0.2) is 12.5 Å². The van der Waals surface area contributed by atoms with E-state index in [0.29, 0.717) is 12.0 Å². The van der Waals surface area contributed by atoms with Gasteiger partial charge in [-0.2, -0.15) is 0 Å². The molecule has 0 aliphatic carbocycles. The van der Waals surface area contributed by atoms with Crippen LogP contribution in [0.5, 0.6) is 0 Å². The highest BCUT2D eigenvalue weighted by molar-refractivity contribution is 5.12. The predicted molar refractivity (Wildman–Crippen MR) is 52.8 cm³/mol. The van der Waals surface area contributed by atoms with Crippen LogP contribution in [0.1, 0.15) is 37.9 Å². The normalized spacial score (nSPS) is 19.8. The smallest absolute Gasteiger partial charge is 0.0950 e. The Bertz CT molecular complexity index is 256. The molecule has 1 aliphatic heterocycles. The first-order valence-electron chi connectivity index (χ1n) is 5.05. The van der Waals surface area contributed by atoms with E-state index in [1.807, 2.05) is 12.5 Å². The highest BCUT2D eigenvalue weighted by atomic mass is 15.1. The van der Waals surface area contributed by atoms with Gasteiger partial charge in [-0.3, -0.25) is 0 Å². The zero-order valence-corrected chi connectivity index (χ0v) is 8.33. The summed E-state index contributed by atoms with van der Waals surface area (Å²) in [5.74, 6) is 0.691. The van der Waals surface area contributed by atoms with Crippen LogP contribution in [-0.4, -0.2) is 22.6 Å². The molecule has 2 rings (SSSR count). The molecule has 72 valence electrons. The third-order valence-electron chi connectivity index (χ3n) is 2.96. The van der Waals surface area contributed by atoms with Gasteiger partial charge in [-0.05, 0) is 13.3 Å². The second-order valence-electron chi connectivity index (χ2n) is 3.84. The number of rotatable bonds is 3. The molecule has 1 fully saturated rings. The van der Waals surface area contributed by atoms with Gasteiger partial charge in [0, 0.05) is 36.9 Å². The molecule has 1 aromatic heterocycles. The first kappa shape index (κ1) is 8.75. The van der Waals surface area contributed by atoms with Crippen LogP contribution in [0.25, 0.3) is 0 Å². The van der Waals surface area contributed by atoms with Gasteiger partial charge in [-0.15, -0.1) is 0 Å². The fourth-order valence-electron chi connectivity index (χ4n) is 1.69. The minimum absolute atomic E-state index is 0.582. The first-order chi connectivity index (χ1) is 6.33. The fraction of sp³-hybridized carbons (Fsp3) is 0.700. The second-order valence-corrected chi connectivity index (χ2v) is 3.84. The quantitative estimate of drug-likeness (QED) is 0.762. The van der Waals surface area contributed by atoms with Gasteiger partial charge in [0.1, 0.15) is 0 Å². The summed E-state index contributed by atoms with van der Waals surface area (Å²) in [6.45, 7) is 6.69. The van der Waals surface area contributed by atoms with Gasteiger partial charge in [0.15, 0.2) is 0 Å². The Kier molecular flexibility index (Phi) is 2.36. The van der Waals surface area contributed by atoms with Crippen LogP contribution in [0, 0.1) is 0 Å². The molecular formula is C10H17N3. The molecule has 1 N–H and O–H groups in total. The Morgan fingerprint density at radius 1 is 1.69 bits per heavy atom. The Balaban J connectivity index is 2.19. The minimum Gasteiger partial charge on any atom is -0.331 e. The molecule has 1 aliphatic rings. The van der Waals surface area contributed by atoms with E-state index in [-0.39, 0.29) is 0 Å². The third-order valence-corrected chi connectivity index (χ3v) is 2.96. The van der Waals surface area contributed by atoms with E-state index < -0.39 is 0 Å². The van der Waals surface area contributed by atoms with Gasteiger partial charge in [0.2, 0.25) is 0 Å². The Hall–Kier alpha value is -0.830. The first-order valence-corrected chi connectivity index (χ1v) is 5.05. The molecule has 0 amide bonds. The molecule has 0 saturated carbocycles. The van der Waals surface area contributed by atoms with Crippen molar-refractivity contribution in [3.63, 3.8) is 0 Å². The Morgan fingerprint density at radius 3 is 3.00 bits per heavy atom. The molecule has 0 bridgehead atoms. The maximum Gasteiger partial charge on any atom is 0.0950 e. The van der Waals surface area contributed by atoms with Crippen LogP contribution in [0.2, 0.25) is 0 Å². The highest BCUT2D eigenvalue weighted by Crippen LogP contribution is 2.23. The number of hydrogen-bond acceptors (Lipinski definition) is 2. The van der Waals surface area contributed by atoms with Gasteiger partial charge < -0.3 is 9.88 Å². The van der Waals surface area contributed by atoms with Crippen LogP contribution in [0.4, 0.5) is 0 Å². The summed E-state index contributed by atoms with van der Waals surface area (Å²) in [5.41, 5.74) is 1.40. The molecule has 13 heavy (non-hydrogen) atoms. The van der Waals surface area contributed by atoms with E-state index in [4.69, 9.17) is 0 Å². The van der Waals surface area contributed by atoms with Gasteiger partial charge in [-0.25, -0.2) is 4.98 Å². The van der Waals surface area contributed by atoms with E-state index in [0.717, 1.165) is 13.1 Å². The van der Waals surface area contributed by atoms with Crippen molar-refractivity contribution in [1.29, 1.82) is 0 Å². The van der Waals surface area contributed by atoms with Crippen molar-refractivity contribution in [1.82, 2.24) is 14.9 Å². The average Bonchev–Trinajstić information content (AvgIpc) is 2.49. The Morgan fingerprint density at radius 2 is 2.46 bits per heavy atom. The van der Waals surface area contributed by atoms with Crippen LogP contribution < -0.4 is 5.32 Å². The summed E-state index contributed by atoms with van der Waals surface area (Å²) in [7, 11) is 0.